The minimum Gasteiger partial charge on any atom is -0.412 e. The second kappa shape index (κ2) is 22.6. The van der Waals surface area contributed by atoms with Crippen LogP contribution in [0.25, 0.3) is 0 Å². The molecule has 0 rings (SSSR count). The van der Waals surface area contributed by atoms with Crippen LogP contribution in [0.15, 0.2) is 0 Å². The van der Waals surface area contributed by atoms with Crippen LogP contribution in [0.3, 0.4) is 0 Å². The fourth-order valence-electron chi connectivity index (χ4n) is 0.892. The molecule has 0 aromatic heterocycles. The van der Waals surface area contributed by atoms with Crippen molar-refractivity contribution in [3.8, 4) is 0 Å². The third-order valence-electron chi connectivity index (χ3n) is 1.51. The van der Waals surface area contributed by atoms with Crippen molar-refractivity contribution in [2.75, 3.05) is 13.2 Å². The minimum absolute atomic E-state index is 0. The Hall–Kier alpha value is -0.120. The van der Waals surface area contributed by atoms with Crippen LogP contribution in [0.1, 0.15) is 52.4 Å². The van der Waals surface area contributed by atoms with Crippen molar-refractivity contribution >= 4 is 0 Å². The fourth-order valence-corrected chi connectivity index (χ4v) is 0.892. The molecule has 0 fully saturated rings. The average Bonchev–Trinajstić information content (AvgIpc) is 2.06. The van der Waals surface area contributed by atoms with Crippen LogP contribution in [0.5, 0.6) is 0 Å². The lowest BCUT2D eigenvalue weighted by atomic mass is 10.1. The van der Waals surface area contributed by atoms with Crippen molar-refractivity contribution in [1.29, 1.82) is 0 Å². The van der Waals surface area contributed by atoms with Crippen LogP contribution in [0.4, 0.5) is 0 Å². The maximum absolute atomic E-state index is 8.42. The van der Waals surface area contributed by atoms with E-state index in [9.17, 15) is 0 Å². The molecule has 0 amide bonds. The molecule has 0 radical (unpaired) electrons. The van der Waals surface area contributed by atoms with Gasteiger partial charge in [-0.1, -0.05) is 39.0 Å². The summed E-state index contributed by atoms with van der Waals surface area (Å²) in [7, 11) is 0. The van der Waals surface area contributed by atoms with Gasteiger partial charge in [0.05, 0.1) is 0 Å². The van der Waals surface area contributed by atoms with Crippen molar-refractivity contribution in [3.05, 3.63) is 0 Å². The Kier molecular flexibility index (Phi) is 32.4. The lowest BCUT2D eigenvalue weighted by Crippen LogP contribution is -1.82. The highest BCUT2D eigenvalue weighted by Crippen LogP contribution is 2.03. The van der Waals surface area contributed by atoms with Gasteiger partial charge < -0.3 is 15.7 Å². The number of aliphatic hydroxyl groups excluding tert-OH is 2. The largest absolute Gasteiger partial charge is 0.412 e. The minimum atomic E-state index is 0. The molecule has 0 aliphatic heterocycles. The van der Waals surface area contributed by atoms with Gasteiger partial charge in [-0.3, -0.25) is 0 Å². The van der Waals surface area contributed by atoms with E-state index in [2.05, 4.69) is 6.92 Å². The van der Waals surface area contributed by atoms with Gasteiger partial charge in [0, 0.05) is 13.2 Å². The quantitative estimate of drug-likeness (QED) is 0.629. The van der Waals surface area contributed by atoms with E-state index >= 15 is 0 Å². The van der Waals surface area contributed by atoms with Crippen LogP contribution >= 0.6 is 0 Å². The van der Waals surface area contributed by atoms with E-state index in [0.717, 1.165) is 6.42 Å². The lowest BCUT2D eigenvalue weighted by Gasteiger charge is -1.95. The first-order valence-electron chi connectivity index (χ1n) is 5.05. The number of hydrogen-bond acceptors (Lipinski definition) is 2. The highest BCUT2D eigenvalue weighted by molar-refractivity contribution is 4.41. The molecule has 0 aromatic carbocycles. The van der Waals surface area contributed by atoms with E-state index in [0.29, 0.717) is 6.61 Å². The first-order valence-corrected chi connectivity index (χ1v) is 5.05. The second-order valence-electron chi connectivity index (χ2n) is 2.81. The summed E-state index contributed by atoms with van der Waals surface area (Å²) in [4.78, 5) is 0. The smallest absolute Gasteiger partial charge is 0.0431 e. The maximum atomic E-state index is 8.42. The molecule has 3 heteroatoms. The molecule has 0 saturated heterocycles. The van der Waals surface area contributed by atoms with Gasteiger partial charge in [0.2, 0.25) is 0 Å². The molecule has 0 atom stereocenters. The summed E-state index contributed by atoms with van der Waals surface area (Å²) >= 11 is 0. The molecule has 0 aromatic rings. The predicted octanol–water partition coefficient (Wildman–Crippen LogP) is 1.51. The third-order valence-corrected chi connectivity index (χ3v) is 1.51. The Balaban J connectivity index is -0.000000220. The Morgan fingerprint density at radius 3 is 1.54 bits per heavy atom. The van der Waals surface area contributed by atoms with Gasteiger partial charge in [-0.2, -0.15) is 0 Å². The third kappa shape index (κ3) is 33.5. The van der Waals surface area contributed by atoms with Crippen molar-refractivity contribution in [3.63, 3.8) is 0 Å². The highest BCUT2D eigenvalue weighted by Gasteiger charge is 1.86. The molecule has 4 N–H and O–H groups in total. The zero-order valence-electron chi connectivity index (χ0n) is 9.05. The van der Waals surface area contributed by atoms with E-state index < -0.39 is 0 Å². The molecule has 0 spiro atoms. The average molecular weight is 194 g/mol. The van der Waals surface area contributed by atoms with Crippen LogP contribution in [-0.4, -0.2) is 28.9 Å². The number of hydrogen-bond donors (Lipinski definition) is 2. The number of rotatable bonds is 6. The zero-order valence-corrected chi connectivity index (χ0v) is 9.05. The lowest BCUT2D eigenvalue weighted by molar-refractivity contribution is 0.282. The molecular formula is C10H26O3. The van der Waals surface area contributed by atoms with E-state index in [4.69, 9.17) is 10.2 Å². The standard InChI is InChI=1S/C8H18O.C2H6O.H2O/c1-2-3-4-5-6-7-8-9;1-2-3;/h9H,2-8H2,1H3;3H,2H2,1H3;1H2. The molecular weight excluding hydrogens is 168 g/mol. The van der Waals surface area contributed by atoms with Gasteiger partial charge >= 0.3 is 0 Å². The molecule has 3 nitrogen and oxygen atoms in total. The molecule has 13 heavy (non-hydrogen) atoms. The molecule has 0 saturated carbocycles. The van der Waals surface area contributed by atoms with E-state index in [1.54, 1.807) is 6.92 Å². The monoisotopic (exact) mass is 194 g/mol. The van der Waals surface area contributed by atoms with Gasteiger partial charge in [-0.05, 0) is 13.3 Å². The van der Waals surface area contributed by atoms with E-state index in [1.807, 2.05) is 0 Å². The predicted molar refractivity (Wildman–Crippen MR) is 56.8 cm³/mol. The van der Waals surface area contributed by atoms with Crippen molar-refractivity contribution in [2.24, 2.45) is 0 Å². The van der Waals surface area contributed by atoms with Crippen molar-refractivity contribution in [1.82, 2.24) is 0 Å². The maximum Gasteiger partial charge on any atom is 0.0431 e. The number of aliphatic hydroxyl groups is 2. The summed E-state index contributed by atoms with van der Waals surface area (Å²) in [5.74, 6) is 0. The fraction of sp³-hybridized carbons (Fsp3) is 1.00. The summed E-state index contributed by atoms with van der Waals surface area (Å²) in [6.07, 6.45) is 7.50. The van der Waals surface area contributed by atoms with E-state index in [1.165, 1.54) is 32.1 Å². The van der Waals surface area contributed by atoms with Gasteiger partial charge in [-0.25, -0.2) is 0 Å². The van der Waals surface area contributed by atoms with E-state index in [-0.39, 0.29) is 12.1 Å². The highest BCUT2D eigenvalue weighted by atomic mass is 16.3. The number of unbranched alkanes of at least 4 members (excludes halogenated alkanes) is 5. The summed E-state index contributed by atoms with van der Waals surface area (Å²) in [6.45, 7) is 4.51. The molecule has 0 aliphatic rings. The Bertz CT molecular complexity index is 52.1. The van der Waals surface area contributed by atoms with Gasteiger partial charge in [0.15, 0.2) is 0 Å². The Morgan fingerprint density at radius 1 is 0.769 bits per heavy atom. The summed E-state index contributed by atoms with van der Waals surface area (Å²) in [5, 5.41) is 16.0. The first kappa shape index (κ1) is 18.6. The van der Waals surface area contributed by atoms with Crippen LogP contribution < -0.4 is 0 Å². The molecule has 84 valence electrons. The summed E-state index contributed by atoms with van der Waals surface area (Å²) in [5.41, 5.74) is 0. The molecule has 0 heterocycles. The van der Waals surface area contributed by atoms with Crippen LogP contribution in [0, 0.1) is 0 Å². The first-order chi connectivity index (χ1) is 5.83. The normalized spacial score (nSPS) is 8.31. The Labute approximate surface area is 82.1 Å². The molecule has 0 unspecified atom stereocenters. The van der Waals surface area contributed by atoms with Crippen molar-refractivity contribution < 1.29 is 15.7 Å². The van der Waals surface area contributed by atoms with Gasteiger partial charge in [0.25, 0.3) is 0 Å². The van der Waals surface area contributed by atoms with Crippen LogP contribution in [0.2, 0.25) is 0 Å². The van der Waals surface area contributed by atoms with Crippen LogP contribution in [-0.2, 0) is 0 Å². The van der Waals surface area contributed by atoms with Gasteiger partial charge in [0.1, 0.15) is 0 Å². The zero-order chi connectivity index (χ0) is 9.66. The molecule has 0 bridgehead atoms. The Morgan fingerprint density at radius 2 is 1.15 bits per heavy atom. The molecule has 0 aliphatic carbocycles. The second-order valence-corrected chi connectivity index (χ2v) is 2.81. The topological polar surface area (TPSA) is 72.0 Å². The summed E-state index contributed by atoms with van der Waals surface area (Å²) in [6, 6.07) is 0. The SMILES string of the molecule is CCCCCCCCO.CCO.O. The van der Waals surface area contributed by atoms with Crippen molar-refractivity contribution in [2.45, 2.75) is 52.4 Å². The van der Waals surface area contributed by atoms with Gasteiger partial charge in [-0.15, -0.1) is 0 Å². The summed E-state index contributed by atoms with van der Waals surface area (Å²) < 4.78 is 0.